The summed E-state index contributed by atoms with van der Waals surface area (Å²) in [6.45, 7) is 2.25. The number of carbonyl (C=O) groups is 2. The molecule has 11 heteroatoms. The van der Waals surface area contributed by atoms with Crippen LogP contribution in [-0.4, -0.2) is 69.4 Å². The number of likely N-dealkylation sites (tertiary alicyclic amines) is 1. The zero-order valence-electron chi connectivity index (χ0n) is 21.4. The number of benzene rings is 1. The molecule has 2 aromatic heterocycles. The minimum atomic E-state index is -0.722. The average Bonchev–Trinajstić information content (AvgIpc) is 3.34. The first-order valence-electron chi connectivity index (χ1n) is 12.4. The minimum absolute atomic E-state index is 0.0981. The number of anilines is 1. The highest BCUT2D eigenvalue weighted by Crippen LogP contribution is 2.37. The Labute approximate surface area is 219 Å². The number of aromatic nitrogens is 4. The maximum atomic E-state index is 15.0. The van der Waals surface area contributed by atoms with E-state index in [0.717, 1.165) is 18.4 Å². The van der Waals surface area contributed by atoms with Crippen LogP contribution in [0.15, 0.2) is 18.5 Å². The number of rotatable bonds is 6. The van der Waals surface area contributed by atoms with Crippen molar-refractivity contribution in [1.82, 2.24) is 24.2 Å². The SMILES string of the molecule is CC#CC(=O)N1C[C@@H](n2nc(C#Cc3cc4ncn(C5CC5)c4cc3F)c(C(N)=O)c2NC)C[C@@H]1COC. The number of nitrogens with two attached hydrogens (primary N) is 1. The molecule has 3 heterocycles. The Hall–Kier alpha value is -4.35. The van der Waals surface area contributed by atoms with Gasteiger partial charge in [0.1, 0.15) is 17.2 Å². The Morgan fingerprint density at radius 1 is 1.26 bits per heavy atom. The second kappa shape index (κ2) is 10.2. The molecule has 196 valence electrons. The molecule has 1 saturated heterocycles. The molecule has 2 aliphatic rings. The van der Waals surface area contributed by atoms with Gasteiger partial charge in [-0.05, 0) is 44.1 Å². The Bertz CT molecular complexity index is 1550. The topological polar surface area (TPSA) is 120 Å². The lowest BCUT2D eigenvalue weighted by atomic mass is 10.1. The van der Waals surface area contributed by atoms with Gasteiger partial charge in [0.25, 0.3) is 11.8 Å². The highest BCUT2D eigenvalue weighted by atomic mass is 19.1. The molecule has 1 aliphatic heterocycles. The van der Waals surface area contributed by atoms with E-state index in [1.807, 2.05) is 4.57 Å². The molecule has 0 radical (unpaired) electrons. The highest BCUT2D eigenvalue weighted by Gasteiger charge is 2.38. The molecule has 1 aromatic carbocycles. The third-order valence-corrected chi connectivity index (χ3v) is 6.90. The van der Waals surface area contributed by atoms with Crippen molar-refractivity contribution in [3.05, 3.63) is 41.1 Å². The predicted molar refractivity (Wildman–Crippen MR) is 139 cm³/mol. The zero-order valence-corrected chi connectivity index (χ0v) is 21.4. The summed E-state index contributed by atoms with van der Waals surface area (Å²) in [6, 6.07) is 2.92. The van der Waals surface area contributed by atoms with Gasteiger partial charge in [-0.2, -0.15) is 5.10 Å². The number of imidazole rings is 1. The van der Waals surface area contributed by atoms with Gasteiger partial charge in [0.2, 0.25) is 0 Å². The quantitative estimate of drug-likeness (QED) is 0.483. The first-order valence-corrected chi connectivity index (χ1v) is 12.4. The van der Waals surface area contributed by atoms with Crippen LogP contribution in [0.25, 0.3) is 11.0 Å². The number of hydrogen-bond acceptors (Lipinski definition) is 6. The smallest absolute Gasteiger partial charge is 0.298 e. The fourth-order valence-corrected chi connectivity index (χ4v) is 5.02. The normalized spacial score (nSPS) is 18.6. The molecule has 1 saturated carbocycles. The van der Waals surface area contributed by atoms with E-state index in [4.69, 9.17) is 10.5 Å². The Kier molecular flexibility index (Phi) is 6.79. The first-order chi connectivity index (χ1) is 18.4. The van der Waals surface area contributed by atoms with Crippen molar-refractivity contribution >= 4 is 28.7 Å². The number of halogens is 1. The lowest BCUT2D eigenvalue weighted by molar-refractivity contribution is -0.126. The van der Waals surface area contributed by atoms with Crippen LogP contribution in [0, 0.1) is 29.5 Å². The number of nitrogens with one attached hydrogen (secondary N) is 1. The summed E-state index contributed by atoms with van der Waals surface area (Å²) in [5.41, 5.74) is 7.45. The monoisotopic (exact) mass is 517 g/mol. The van der Waals surface area contributed by atoms with Crippen molar-refractivity contribution in [2.45, 2.75) is 44.3 Å². The van der Waals surface area contributed by atoms with Gasteiger partial charge in [-0.1, -0.05) is 11.8 Å². The third-order valence-electron chi connectivity index (χ3n) is 6.90. The van der Waals surface area contributed by atoms with Crippen LogP contribution in [0.2, 0.25) is 0 Å². The lowest BCUT2D eigenvalue weighted by Gasteiger charge is -2.21. The molecule has 5 rings (SSSR count). The van der Waals surface area contributed by atoms with Crippen molar-refractivity contribution < 1.29 is 18.7 Å². The molecule has 3 N–H and O–H groups in total. The third kappa shape index (κ3) is 4.57. The summed E-state index contributed by atoms with van der Waals surface area (Å²) < 4.78 is 23.9. The van der Waals surface area contributed by atoms with Gasteiger partial charge in [0, 0.05) is 32.8 Å². The van der Waals surface area contributed by atoms with Gasteiger partial charge in [0.15, 0.2) is 5.69 Å². The van der Waals surface area contributed by atoms with E-state index in [1.54, 1.807) is 43.1 Å². The van der Waals surface area contributed by atoms with E-state index in [-0.39, 0.29) is 34.8 Å². The van der Waals surface area contributed by atoms with Crippen molar-refractivity contribution in [3.63, 3.8) is 0 Å². The average molecular weight is 518 g/mol. The number of carbonyl (C=O) groups excluding carboxylic acids is 2. The summed E-state index contributed by atoms with van der Waals surface area (Å²) in [5, 5.41) is 7.58. The van der Waals surface area contributed by atoms with Crippen LogP contribution < -0.4 is 11.1 Å². The number of hydrogen-bond donors (Lipinski definition) is 2. The standard InChI is InChI=1S/C27H28FN7O3/c1-4-5-24(36)33-13-18(11-19(33)14-38-3)35-27(30-2)25(26(29)37)21(32-35)9-6-16-10-22-23(12-20(16)28)34(15-31-22)17-7-8-17/h10,12,15,17-19,30H,7-8,11,13-14H2,1-3H3,(H2,29,37)/t18-,19+/m0/s1. The Balaban J connectivity index is 1.51. The zero-order chi connectivity index (χ0) is 27.0. The van der Waals surface area contributed by atoms with E-state index in [1.165, 1.54) is 6.07 Å². The molecule has 2 amide bonds. The molecule has 0 spiro atoms. The molecule has 1 aliphatic carbocycles. The summed E-state index contributed by atoms with van der Waals surface area (Å²) in [5.74, 6) is 9.73. The molecule has 0 unspecified atom stereocenters. The molecule has 10 nitrogen and oxygen atoms in total. The second-order valence-electron chi connectivity index (χ2n) is 9.42. The van der Waals surface area contributed by atoms with E-state index in [0.29, 0.717) is 36.9 Å². The highest BCUT2D eigenvalue weighted by molar-refractivity contribution is 6.00. The maximum absolute atomic E-state index is 15.0. The molecule has 2 atom stereocenters. The van der Waals surface area contributed by atoms with Gasteiger partial charge in [-0.25, -0.2) is 14.1 Å². The van der Waals surface area contributed by atoms with Crippen molar-refractivity contribution in [2.75, 3.05) is 32.6 Å². The lowest BCUT2D eigenvalue weighted by Crippen LogP contribution is -2.37. The minimum Gasteiger partial charge on any atom is -0.383 e. The van der Waals surface area contributed by atoms with E-state index >= 15 is 0 Å². The fraction of sp³-hybridized carbons (Fsp3) is 0.407. The van der Waals surface area contributed by atoms with E-state index in [9.17, 15) is 14.0 Å². The Morgan fingerprint density at radius 2 is 2.05 bits per heavy atom. The number of primary amides is 1. The predicted octanol–water partition coefficient (Wildman–Crippen LogP) is 2.06. The molecule has 3 aromatic rings. The molecule has 0 bridgehead atoms. The number of amides is 2. The number of fused-ring (bicyclic) bond motifs is 1. The summed E-state index contributed by atoms with van der Waals surface area (Å²) in [6.07, 6.45) is 4.38. The number of ether oxygens (including phenoxy) is 1. The van der Waals surface area contributed by atoms with Crippen molar-refractivity contribution in [1.29, 1.82) is 0 Å². The largest absolute Gasteiger partial charge is 0.383 e. The van der Waals surface area contributed by atoms with Crippen LogP contribution >= 0.6 is 0 Å². The van der Waals surface area contributed by atoms with Gasteiger partial charge < -0.3 is 25.3 Å². The van der Waals surface area contributed by atoms with Gasteiger partial charge in [0.05, 0.1) is 41.6 Å². The number of methoxy groups -OCH3 is 1. The molecule has 38 heavy (non-hydrogen) atoms. The molecular weight excluding hydrogens is 489 g/mol. The van der Waals surface area contributed by atoms with Crippen LogP contribution in [0.5, 0.6) is 0 Å². The van der Waals surface area contributed by atoms with E-state index in [2.05, 4.69) is 39.1 Å². The van der Waals surface area contributed by atoms with Crippen molar-refractivity contribution in [2.24, 2.45) is 5.73 Å². The summed E-state index contributed by atoms with van der Waals surface area (Å²) >= 11 is 0. The summed E-state index contributed by atoms with van der Waals surface area (Å²) in [7, 11) is 3.22. The van der Waals surface area contributed by atoms with Gasteiger partial charge >= 0.3 is 0 Å². The molecular formula is C27H28FN7O3. The van der Waals surface area contributed by atoms with Crippen LogP contribution in [0.1, 0.15) is 59.9 Å². The summed E-state index contributed by atoms with van der Waals surface area (Å²) in [4.78, 5) is 31.1. The fourth-order valence-electron chi connectivity index (χ4n) is 5.02. The van der Waals surface area contributed by atoms with Crippen LogP contribution in [-0.2, 0) is 9.53 Å². The molecule has 2 fully saturated rings. The van der Waals surface area contributed by atoms with E-state index < -0.39 is 11.7 Å². The Morgan fingerprint density at radius 3 is 2.71 bits per heavy atom. The van der Waals surface area contributed by atoms with Crippen LogP contribution in [0.4, 0.5) is 10.2 Å². The number of nitrogens with zero attached hydrogens (tertiary/aromatic N) is 5. The van der Waals surface area contributed by atoms with Gasteiger partial charge in [-0.3, -0.25) is 9.59 Å². The van der Waals surface area contributed by atoms with Crippen molar-refractivity contribution in [3.8, 4) is 23.7 Å². The first kappa shape index (κ1) is 25.3. The van der Waals surface area contributed by atoms with Gasteiger partial charge in [-0.15, -0.1) is 0 Å². The second-order valence-corrected chi connectivity index (χ2v) is 9.42. The maximum Gasteiger partial charge on any atom is 0.298 e. The van der Waals surface area contributed by atoms with Crippen LogP contribution in [0.3, 0.4) is 0 Å².